The van der Waals surface area contributed by atoms with Crippen molar-refractivity contribution in [2.75, 3.05) is 0 Å². The fourth-order valence-electron chi connectivity index (χ4n) is 2.04. The zero-order valence-electron chi connectivity index (χ0n) is 9.20. The number of hydrogen-bond acceptors (Lipinski definition) is 0. The van der Waals surface area contributed by atoms with E-state index in [0.717, 1.165) is 5.92 Å². The molecule has 1 rings (SSSR count). The van der Waals surface area contributed by atoms with E-state index >= 15 is 0 Å². The molecule has 1 atom stereocenters. The predicted molar refractivity (Wildman–Crippen MR) is 55.2 cm³/mol. The molecule has 0 heteroatoms. The molecule has 0 N–H and O–H groups in total. The Hall–Kier alpha value is -0.260. The van der Waals surface area contributed by atoms with Crippen molar-refractivity contribution in [2.24, 2.45) is 11.3 Å². The van der Waals surface area contributed by atoms with Gasteiger partial charge in [-0.05, 0) is 44.4 Å². The van der Waals surface area contributed by atoms with Crippen molar-refractivity contribution in [3.8, 4) is 0 Å². The SMILES string of the molecule is CC(C)=C1CCC(C(C)(C)C)C1. The van der Waals surface area contributed by atoms with E-state index in [1.54, 1.807) is 11.1 Å². The third-order valence-corrected chi connectivity index (χ3v) is 3.22. The quantitative estimate of drug-likeness (QED) is 0.474. The number of hydrogen-bond donors (Lipinski definition) is 0. The molecular weight excluding hydrogens is 144 g/mol. The summed E-state index contributed by atoms with van der Waals surface area (Å²) in [6.45, 7) is 11.6. The average molecular weight is 166 g/mol. The summed E-state index contributed by atoms with van der Waals surface area (Å²) in [6.07, 6.45) is 4.11. The van der Waals surface area contributed by atoms with Crippen LogP contribution in [0, 0.1) is 11.3 Å². The minimum Gasteiger partial charge on any atom is -0.0772 e. The molecule has 0 aliphatic heterocycles. The summed E-state index contributed by atoms with van der Waals surface area (Å²) in [5.74, 6) is 0.919. The molecule has 0 radical (unpaired) electrons. The highest BCUT2D eigenvalue weighted by Gasteiger charge is 2.29. The van der Waals surface area contributed by atoms with Gasteiger partial charge in [-0.1, -0.05) is 31.9 Å². The Kier molecular flexibility index (Phi) is 2.65. The average Bonchev–Trinajstić information content (AvgIpc) is 2.30. The lowest BCUT2D eigenvalue weighted by atomic mass is 9.79. The first-order chi connectivity index (χ1) is 5.41. The molecule has 0 nitrogen and oxygen atoms in total. The second kappa shape index (κ2) is 3.24. The van der Waals surface area contributed by atoms with Gasteiger partial charge in [0.1, 0.15) is 0 Å². The van der Waals surface area contributed by atoms with Gasteiger partial charge in [-0.2, -0.15) is 0 Å². The Bertz CT molecular complexity index is 187. The van der Waals surface area contributed by atoms with Crippen molar-refractivity contribution in [3.63, 3.8) is 0 Å². The van der Waals surface area contributed by atoms with E-state index in [9.17, 15) is 0 Å². The molecule has 70 valence electrons. The maximum absolute atomic E-state index is 2.37. The maximum atomic E-state index is 2.37. The van der Waals surface area contributed by atoms with Crippen molar-refractivity contribution in [2.45, 2.75) is 53.9 Å². The molecule has 1 fully saturated rings. The maximum Gasteiger partial charge on any atom is -0.0284 e. The van der Waals surface area contributed by atoms with Crippen LogP contribution in [-0.2, 0) is 0 Å². The molecule has 1 unspecified atom stereocenters. The first kappa shape index (κ1) is 9.83. The van der Waals surface area contributed by atoms with Crippen LogP contribution in [-0.4, -0.2) is 0 Å². The molecule has 0 amide bonds. The number of allylic oxidation sites excluding steroid dienone is 2. The zero-order chi connectivity index (χ0) is 9.35. The van der Waals surface area contributed by atoms with Gasteiger partial charge in [-0.15, -0.1) is 0 Å². The molecule has 0 heterocycles. The van der Waals surface area contributed by atoms with Crippen molar-refractivity contribution < 1.29 is 0 Å². The van der Waals surface area contributed by atoms with Crippen LogP contribution in [0.15, 0.2) is 11.1 Å². The summed E-state index contributed by atoms with van der Waals surface area (Å²) >= 11 is 0. The van der Waals surface area contributed by atoms with Crippen LogP contribution in [0.1, 0.15) is 53.9 Å². The molecule has 1 aliphatic rings. The van der Waals surface area contributed by atoms with E-state index in [-0.39, 0.29) is 0 Å². The molecule has 12 heavy (non-hydrogen) atoms. The van der Waals surface area contributed by atoms with Gasteiger partial charge in [0, 0.05) is 0 Å². The zero-order valence-corrected chi connectivity index (χ0v) is 9.20. The van der Waals surface area contributed by atoms with E-state index < -0.39 is 0 Å². The van der Waals surface area contributed by atoms with E-state index in [0.29, 0.717) is 5.41 Å². The predicted octanol–water partition coefficient (Wildman–Crippen LogP) is 4.17. The van der Waals surface area contributed by atoms with Crippen LogP contribution in [0.2, 0.25) is 0 Å². The third-order valence-electron chi connectivity index (χ3n) is 3.22. The molecule has 1 aliphatic carbocycles. The van der Waals surface area contributed by atoms with Crippen molar-refractivity contribution in [1.29, 1.82) is 0 Å². The van der Waals surface area contributed by atoms with Gasteiger partial charge in [0.25, 0.3) is 0 Å². The first-order valence-corrected chi connectivity index (χ1v) is 5.06. The second-order valence-corrected chi connectivity index (χ2v) is 5.41. The third kappa shape index (κ3) is 2.12. The van der Waals surface area contributed by atoms with Crippen molar-refractivity contribution in [1.82, 2.24) is 0 Å². The van der Waals surface area contributed by atoms with Gasteiger partial charge in [-0.3, -0.25) is 0 Å². The summed E-state index contributed by atoms with van der Waals surface area (Å²) in [6, 6.07) is 0. The van der Waals surface area contributed by atoms with Crippen LogP contribution < -0.4 is 0 Å². The summed E-state index contributed by atoms with van der Waals surface area (Å²) < 4.78 is 0. The Morgan fingerprint density at radius 1 is 1.25 bits per heavy atom. The van der Waals surface area contributed by atoms with Gasteiger partial charge in [0.2, 0.25) is 0 Å². The number of rotatable bonds is 0. The van der Waals surface area contributed by atoms with Gasteiger partial charge >= 0.3 is 0 Å². The van der Waals surface area contributed by atoms with Crippen LogP contribution >= 0.6 is 0 Å². The van der Waals surface area contributed by atoms with E-state index in [1.165, 1.54) is 19.3 Å². The summed E-state index contributed by atoms with van der Waals surface area (Å²) in [5.41, 5.74) is 3.79. The standard InChI is InChI=1S/C12H22/c1-9(2)10-6-7-11(8-10)12(3,4)5/h11H,6-8H2,1-5H3. The van der Waals surface area contributed by atoms with Crippen molar-refractivity contribution in [3.05, 3.63) is 11.1 Å². The van der Waals surface area contributed by atoms with Crippen LogP contribution in [0.4, 0.5) is 0 Å². The van der Waals surface area contributed by atoms with Crippen LogP contribution in [0.25, 0.3) is 0 Å². The molecule has 0 bridgehead atoms. The normalized spacial score (nSPS) is 24.8. The van der Waals surface area contributed by atoms with Gasteiger partial charge in [-0.25, -0.2) is 0 Å². The Balaban J connectivity index is 2.64. The minimum atomic E-state index is 0.511. The van der Waals surface area contributed by atoms with E-state index in [2.05, 4.69) is 34.6 Å². The molecule has 1 saturated carbocycles. The summed E-state index contributed by atoms with van der Waals surface area (Å²) in [4.78, 5) is 0. The Labute approximate surface area is 77.1 Å². The molecule has 0 aromatic carbocycles. The fraction of sp³-hybridized carbons (Fsp3) is 0.833. The Morgan fingerprint density at radius 2 is 1.83 bits per heavy atom. The summed E-state index contributed by atoms with van der Waals surface area (Å²) in [7, 11) is 0. The first-order valence-electron chi connectivity index (χ1n) is 5.06. The molecule has 0 saturated heterocycles. The lowest BCUT2D eigenvalue weighted by Gasteiger charge is -2.26. The molecule has 0 aromatic rings. The highest BCUT2D eigenvalue weighted by Crippen LogP contribution is 2.42. The molecule has 0 spiro atoms. The van der Waals surface area contributed by atoms with Gasteiger partial charge < -0.3 is 0 Å². The van der Waals surface area contributed by atoms with E-state index in [1.807, 2.05) is 0 Å². The Morgan fingerprint density at radius 3 is 2.08 bits per heavy atom. The highest BCUT2D eigenvalue weighted by atomic mass is 14.3. The van der Waals surface area contributed by atoms with Gasteiger partial charge in [0.15, 0.2) is 0 Å². The van der Waals surface area contributed by atoms with E-state index in [4.69, 9.17) is 0 Å². The minimum absolute atomic E-state index is 0.511. The fourth-order valence-corrected chi connectivity index (χ4v) is 2.04. The molecular formula is C12H22. The lowest BCUT2D eigenvalue weighted by Crippen LogP contribution is -2.16. The monoisotopic (exact) mass is 166 g/mol. The van der Waals surface area contributed by atoms with Crippen molar-refractivity contribution >= 4 is 0 Å². The lowest BCUT2D eigenvalue weighted by molar-refractivity contribution is 0.249. The van der Waals surface area contributed by atoms with Crippen LogP contribution in [0.5, 0.6) is 0 Å². The largest absolute Gasteiger partial charge is 0.0772 e. The molecule has 0 aromatic heterocycles. The topological polar surface area (TPSA) is 0 Å². The smallest absolute Gasteiger partial charge is 0.0284 e. The van der Waals surface area contributed by atoms with Gasteiger partial charge in [0.05, 0.1) is 0 Å². The highest BCUT2D eigenvalue weighted by molar-refractivity contribution is 5.15. The van der Waals surface area contributed by atoms with Crippen LogP contribution in [0.3, 0.4) is 0 Å². The second-order valence-electron chi connectivity index (χ2n) is 5.41. The summed E-state index contributed by atoms with van der Waals surface area (Å²) in [5, 5.41) is 0.